The number of aryl methyl sites for hydroxylation is 1. The summed E-state index contributed by atoms with van der Waals surface area (Å²) in [6.45, 7) is 17.4. The van der Waals surface area contributed by atoms with Crippen molar-refractivity contribution in [2.45, 2.75) is 154 Å². The van der Waals surface area contributed by atoms with E-state index in [0.29, 0.717) is 42.8 Å². The maximum absolute atomic E-state index is 16.0. The SMILES string of the molecule is C=CN(C)[C@H]1C[C@@H](C)OC(O[C@@H]2[C@@H](C)[C@H](OC(=O)Cc3cccnc3)[C@@H](C)C(=O)O[C@H](C)[C@@]3(C)OC(=O)N(NC(=O)N(c4c(F)cccc4F)c4ncnc5c4ncn5CCCCN)[C@H]3[C@@H](C)C(=O)[C@H](C)C[C@@]2(C)OC)[C@@H]1O. The molecular weight excluding hydrogens is 1020 g/mol. The molecule has 3 saturated heterocycles. The molecule has 6 heterocycles. The molecule has 14 atom stereocenters. The molecule has 3 aliphatic heterocycles. The van der Waals surface area contributed by atoms with Gasteiger partial charge in [-0.2, -0.15) is 0 Å². The number of nitrogens with one attached hydrogen (secondary N) is 1. The summed E-state index contributed by atoms with van der Waals surface area (Å²) < 4.78 is 71.8. The topological polar surface area (TPSA) is 265 Å². The Labute approximate surface area is 451 Å². The number of imidazole rings is 1. The second-order valence-electron chi connectivity index (χ2n) is 21.0. The molecule has 0 bridgehead atoms. The minimum atomic E-state index is -1.95. The van der Waals surface area contributed by atoms with Gasteiger partial charge in [0, 0.05) is 50.8 Å². The normalized spacial score (nSPS) is 30.9. The highest BCUT2D eigenvalue weighted by Crippen LogP contribution is 2.44. The maximum Gasteiger partial charge on any atom is 0.429 e. The van der Waals surface area contributed by atoms with Crippen LogP contribution in [0.25, 0.3) is 11.2 Å². The van der Waals surface area contributed by atoms with Crippen LogP contribution < -0.4 is 16.1 Å². The molecule has 0 radical (unpaired) electrons. The molecule has 0 saturated carbocycles. The number of halogens is 2. The number of benzene rings is 1. The molecular formula is C54H72F2N10O12. The first kappa shape index (κ1) is 58.9. The fourth-order valence-corrected chi connectivity index (χ4v) is 11.1. The van der Waals surface area contributed by atoms with Crippen LogP contribution in [0.15, 0.2) is 68.2 Å². The number of aliphatic hydroxyl groups excluding tert-OH is 1. The summed E-state index contributed by atoms with van der Waals surface area (Å²) in [6.07, 6.45) is 0.335. The molecule has 0 aliphatic carbocycles. The van der Waals surface area contributed by atoms with Crippen LogP contribution in [0.5, 0.6) is 0 Å². The van der Waals surface area contributed by atoms with Crippen molar-refractivity contribution in [2.75, 3.05) is 25.6 Å². The number of methoxy groups -OCH3 is 1. The molecule has 1 unspecified atom stereocenters. The van der Waals surface area contributed by atoms with E-state index >= 15 is 18.4 Å². The summed E-state index contributed by atoms with van der Waals surface area (Å²) in [4.78, 5) is 93.1. The number of pyridine rings is 1. The summed E-state index contributed by atoms with van der Waals surface area (Å²) in [6, 6.07) is 2.97. The minimum Gasteiger partial charge on any atom is -0.461 e. The number of fused-ring (bicyclic) bond motifs is 2. The number of unbranched alkanes of at least 4 members (excludes halogenated alkanes) is 1. The molecule has 3 aromatic heterocycles. The summed E-state index contributed by atoms with van der Waals surface area (Å²) in [5, 5.41) is 12.6. The van der Waals surface area contributed by atoms with Crippen molar-refractivity contribution in [1.82, 2.24) is 39.8 Å². The molecule has 424 valence electrons. The lowest BCUT2D eigenvalue weighted by molar-refractivity contribution is -0.301. The van der Waals surface area contributed by atoms with Gasteiger partial charge in [-0.25, -0.2) is 48.7 Å². The number of nitrogens with two attached hydrogens (primary N) is 1. The third-order valence-electron chi connectivity index (χ3n) is 15.6. The van der Waals surface area contributed by atoms with E-state index in [4.69, 9.17) is 34.2 Å². The third-order valence-corrected chi connectivity index (χ3v) is 15.6. The van der Waals surface area contributed by atoms with E-state index < -0.39 is 131 Å². The molecule has 4 N–H and O–H groups in total. The number of urea groups is 1. The van der Waals surface area contributed by atoms with Crippen LogP contribution >= 0.6 is 0 Å². The summed E-state index contributed by atoms with van der Waals surface area (Å²) in [7, 11) is 3.17. The summed E-state index contributed by atoms with van der Waals surface area (Å²) >= 11 is 0. The average molecular weight is 1090 g/mol. The number of aliphatic hydroxyl groups is 1. The number of esters is 2. The van der Waals surface area contributed by atoms with Crippen LogP contribution in [-0.2, 0) is 55.8 Å². The van der Waals surface area contributed by atoms with Crippen molar-refractivity contribution in [1.29, 1.82) is 0 Å². The van der Waals surface area contributed by atoms with Gasteiger partial charge >= 0.3 is 24.1 Å². The molecule has 3 amide bonds. The van der Waals surface area contributed by atoms with Gasteiger partial charge in [0.05, 0.1) is 42.5 Å². The predicted octanol–water partition coefficient (Wildman–Crippen LogP) is 5.91. The number of ketones is 1. The lowest BCUT2D eigenvalue weighted by Gasteiger charge is -2.48. The number of Topliss-reactive ketones (excluding diaryl/α,β-unsaturated/α-hetero) is 1. The Hall–Kier alpha value is -6.73. The lowest BCUT2D eigenvalue weighted by Crippen LogP contribution is -2.62. The first-order valence-electron chi connectivity index (χ1n) is 26.1. The molecule has 1 aromatic carbocycles. The summed E-state index contributed by atoms with van der Waals surface area (Å²) in [5.74, 6) is -9.39. The molecule has 3 aliphatic rings. The van der Waals surface area contributed by atoms with Crippen LogP contribution in [0.3, 0.4) is 0 Å². The third kappa shape index (κ3) is 12.0. The summed E-state index contributed by atoms with van der Waals surface area (Å²) in [5.41, 5.74) is 4.57. The van der Waals surface area contributed by atoms with Crippen LogP contribution in [0.2, 0.25) is 0 Å². The number of nitrogens with zero attached hydrogens (tertiary/aromatic N) is 8. The number of likely N-dealkylation sites (N-methyl/N-ethyl adjacent to an activating group) is 1. The Morgan fingerprint density at radius 2 is 1.74 bits per heavy atom. The van der Waals surface area contributed by atoms with Crippen LogP contribution in [0, 0.1) is 35.3 Å². The van der Waals surface area contributed by atoms with Gasteiger partial charge in [-0.05, 0) is 96.8 Å². The van der Waals surface area contributed by atoms with E-state index in [1.165, 1.54) is 47.3 Å². The van der Waals surface area contributed by atoms with Crippen molar-refractivity contribution in [3.63, 3.8) is 0 Å². The van der Waals surface area contributed by atoms with Gasteiger partial charge in [0.15, 0.2) is 28.9 Å². The Morgan fingerprint density at radius 1 is 1.03 bits per heavy atom. The number of hydrazine groups is 1. The van der Waals surface area contributed by atoms with E-state index in [1.54, 1.807) is 61.8 Å². The smallest absolute Gasteiger partial charge is 0.429 e. The number of ether oxygens (including phenoxy) is 6. The van der Waals surface area contributed by atoms with E-state index in [0.717, 1.165) is 29.5 Å². The van der Waals surface area contributed by atoms with Crippen molar-refractivity contribution < 1.29 is 66.3 Å². The van der Waals surface area contributed by atoms with Gasteiger partial charge in [-0.1, -0.05) is 39.5 Å². The molecule has 78 heavy (non-hydrogen) atoms. The van der Waals surface area contributed by atoms with E-state index in [2.05, 4.69) is 31.9 Å². The van der Waals surface area contributed by atoms with E-state index in [-0.39, 0.29) is 29.8 Å². The molecule has 7 rings (SSSR count). The quantitative estimate of drug-likeness (QED) is 0.0709. The monoisotopic (exact) mass is 1090 g/mol. The van der Waals surface area contributed by atoms with E-state index in [1.807, 2.05) is 6.92 Å². The van der Waals surface area contributed by atoms with Crippen molar-refractivity contribution in [3.8, 4) is 0 Å². The van der Waals surface area contributed by atoms with Crippen LogP contribution in [-0.4, -0.2) is 150 Å². The zero-order valence-corrected chi connectivity index (χ0v) is 45.7. The molecule has 4 aromatic rings. The second-order valence-corrected chi connectivity index (χ2v) is 21.0. The highest BCUT2D eigenvalue weighted by Gasteiger charge is 2.61. The van der Waals surface area contributed by atoms with Gasteiger partial charge in [0.25, 0.3) is 0 Å². The first-order chi connectivity index (χ1) is 37.0. The number of aromatic nitrogens is 5. The number of hydrogen-bond acceptors (Lipinski definition) is 18. The Kier molecular flexibility index (Phi) is 18.5. The Morgan fingerprint density at radius 3 is 2.40 bits per heavy atom. The average Bonchev–Trinajstić information content (AvgIpc) is 3.97. The Balaban J connectivity index is 1.31. The number of rotatable bonds is 15. The number of carbonyl (C=O) groups excluding carboxylic acids is 5. The molecule has 24 heteroatoms. The van der Waals surface area contributed by atoms with Crippen molar-refractivity contribution in [2.24, 2.45) is 29.4 Å². The molecule has 0 spiro atoms. The number of anilines is 2. The number of hydrogen-bond donors (Lipinski definition) is 3. The number of carbonyl (C=O) groups is 5. The van der Waals surface area contributed by atoms with Gasteiger partial charge < -0.3 is 48.7 Å². The first-order valence-corrected chi connectivity index (χ1v) is 26.1. The zero-order valence-electron chi connectivity index (χ0n) is 45.7. The predicted molar refractivity (Wildman–Crippen MR) is 278 cm³/mol. The van der Waals surface area contributed by atoms with Crippen LogP contribution in [0.1, 0.15) is 86.6 Å². The Bertz CT molecular complexity index is 2790. The number of para-hydroxylation sites is 1. The van der Waals surface area contributed by atoms with Gasteiger partial charge in [-0.15, -0.1) is 0 Å². The highest BCUT2D eigenvalue weighted by molar-refractivity contribution is 6.04. The molecule has 22 nitrogen and oxygen atoms in total. The number of cyclic esters (lactones) is 1. The maximum atomic E-state index is 16.0. The molecule has 3 fully saturated rings. The largest absolute Gasteiger partial charge is 0.461 e. The van der Waals surface area contributed by atoms with Crippen LogP contribution in [0.4, 0.5) is 29.9 Å². The van der Waals surface area contributed by atoms with Crippen molar-refractivity contribution >= 4 is 52.5 Å². The zero-order chi connectivity index (χ0) is 57.0. The minimum absolute atomic E-state index is 0.0243. The van der Waals surface area contributed by atoms with Gasteiger partial charge in [0.2, 0.25) is 0 Å². The fraction of sp³-hybridized carbons (Fsp3) is 0.574. The lowest BCUT2D eigenvalue weighted by atomic mass is 9.73. The number of amides is 3. The fourth-order valence-electron chi connectivity index (χ4n) is 11.1. The standard InChI is InChI=1S/C54H72F2N10O12/c1-12-63(10)38-23-30(3)74-50(43(38)69)77-46-32(5)44(76-39(67)24-35-17-16-21-58-26-35)33(6)49(70)75-34(7)54(9)45(31(4)42(68)29(2)25-53(46,8)73-11)66(52(72)78-54)62-51(71)65(41-36(55)18-15-19-37(41)56)48-40-47(59-27-60-48)64(28-61-40)22-14-13-20-57/h12,15-19,21,26-34,38,43-46,50,69H,1,13-14,20,22-25,57H2,2-11H3,(H,62,71)/t29-,30-,31+,32+,33-,34-,38+,43-,44+,45+,46-,50?,53-,54-/m1/s1. The highest BCUT2D eigenvalue weighted by atomic mass is 19.1. The van der Waals surface area contributed by atoms with Gasteiger partial charge in [0.1, 0.15) is 53.8 Å². The van der Waals surface area contributed by atoms with Gasteiger partial charge in [-0.3, -0.25) is 19.4 Å². The van der Waals surface area contributed by atoms with Crippen molar-refractivity contribution in [3.05, 3.63) is 85.4 Å². The van der Waals surface area contributed by atoms with E-state index in [9.17, 15) is 19.5 Å². The second kappa shape index (κ2) is 24.5.